The van der Waals surface area contributed by atoms with E-state index in [2.05, 4.69) is 10.0 Å². The summed E-state index contributed by atoms with van der Waals surface area (Å²) in [4.78, 5) is 22.6. The highest BCUT2D eigenvalue weighted by Gasteiger charge is 2.40. The fourth-order valence-corrected chi connectivity index (χ4v) is 3.00. The van der Waals surface area contributed by atoms with Gasteiger partial charge in [0.1, 0.15) is 0 Å². The number of nitrogens with one attached hydrogen (secondary N) is 2. The van der Waals surface area contributed by atoms with Gasteiger partial charge in [-0.2, -0.15) is 0 Å². The van der Waals surface area contributed by atoms with Crippen molar-refractivity contribution in [2.45, 2.75) is 31.7 Å². The smallest absolute Gasteiger partial charge is 0.264 e. The van der Waals surface area contributed by atoms with Crippen LogP contribution in [0.2, 0.25) is 0 Å². The molecule has 2 atom stereocenters. The zero-order valence-corrected chi connectivity index (χ0v) is 12.7. The molecule has 1 fully saturated rings. The van der Waals surface area contributed by atoms with Gasteiger partial charge < -0.3 is 5.32 Å². The first-order valence-corrected chi connectivity index (χ1v) is 8.18. The molecule has 2 amide bonds. The van der Waals surface area contributed by atoms with E-state index < -0.39 is 15.9 Å². The molecular weight excluding hydrogens is 292 g/mol. The number of hydrogen-bond acceptors (Lipinski definition) is 4. The zero-order chi connectivity index (χ0) is 15.6. The summed E-state index contributed by atoms with van der Waals surface area (Å²) in [5, 5.41) is 2.62. The van der Waals surface area contributed by atoms with Crippen LogP contribution in [0.5, 0.6) is 0 Å². The van der Waals surface area contributed by atoms with Crippen molar-refractivity contribution in [3.8, 4) is 0 Å². The fraction of sp³-hybridized carbons (Fsp3) is 0.429. The van der Waals surface area contributed by atoms with Gasteiger partial charge in [-0.1, -0.05) is 19.1 Å². The summed E-state index contributed by atoms with van der Waals surface area (Å²) in [5.41, 5.74) is 0.784. The van der Waals surface area contributed by atoms with Gasteiger partial charge in [-0.25, -0.2) is 13.1 Å². The van der Waals surface area contributed by atoms with Crippen LogP contribution in [0.25, 0.3) is 0 Å². The van der Waals surface area contributed by atoms with Crippen LogP contribution in [0.15, 0.2) is 29.2 Å². The maximum atomic E-state index is 12.1. The molecule has 0 saturated heterocycles. The summed E-state index contributed by atoms with van der Waals surface area (Å²) in [6, 6.07) is 6.05. The van der Waals surface area contributed by atoms with E-state index in [1.807, 2.05) is 6.92 Å². The Kier molecular flexibility index (Phi) is 4.32. The fourth-order valence-electron chi connectivity index (χ4n) is 1.97. The van der Waals surface area contributed by atoms with E-state index >= 15 is 0 Å². The third kappa shape index (κ3) is 4.04. The van der Waals surface area contributed by atoms with Gasteiger partial charge in [-0.15, -0.1) is 0 Å². The normalized spacial score (nSPS) is 20.7. The summed E-state index contributed by atoms with van der Waals surface area (Å²) >= 11 is 0. The molecule has 0 spiro atoms. The maximum Gasteiger partial charge on any atom is 0.264 e. The van der Waals surface area contributed by atoms with Crippen molar-refractivity contribution in [2.75, 3.05) is 0 Å². The second-order valence-electron chi connectivity index (χ2n) is 5.34. The molecule has 2 rings (SSSR count). The van der Waals surface area contributed by atoms with E-state index in [1.165, 1.54) is 19.1 Å². The highest BCUT2D eigenvalue weighted by molar-refractivity contribution is 7.90. The first kappa shape index (κ1) is 15.5. The number of benzene rings is 1. The lowest BCUT2D eigenvalue weighted by Gasteiger charge is -2.08. The van der Waals surface area contributed by atoms with Crippen molar-refractivity contribution in [1.29, 1.82) is 0 Å². The average molecular weight is 310 g/mol. The third-order valence-corrected chi connectivity index (χ3v) is 4.82. The zero-order valence-electron chi connectivity index (χ0n) is 11.9. The minimum Gasteiger partial charge on any atom is -0.352 e. The van der Waals surface area contributed by atoms with E-state index in [0.717, 1.165) is 12.0 Å². The Morgan fingerprint density at radius 1 is 1.24 bits per heavy atom. The lowest BCUT2D eigenvalue weighted by molar-refractivity contribution is -0.121. The molecular formula is C14H18N2O4S. The Bertz CT molecular complexity index is 652. The molecule has 114 valence electrons. The molecule has 0 radical (unpaired) electrons. The summed E-state index contributed by atoms with van der Waals surface area (Å²) in [6.45, 7) is 3.66. The van der Waals surface area contributed by atoms with E-state index in [-0.39, 0.29) is 22.6 Å². The molecule has 0 aromatic heterocycles. The van der Waals surface area contributed by atoms with Gasteiger partial charge in [-0.3, -0.25) is 9.59 Å². The minimum absolute atomic E-state index is 0.0377. The molecule has 1 saturated carbocycles. The molecule has 1 aromatic carbocycles. The van der Waals surface area contributed by atoms with E-state index in [9.17, 15) is 18.0 Å². The summed E-state index contributed by atoms with van der Waals surface area (Å²) in [7, 11) is -3.82. The monoisotopic (exact) mass is 310 g/mol. The van der Waals surface area contributed by atoms with Gasteiger partial charge >= 0.3 is 0 Å². The molecule has 0 heterocycles. The van der Waals surface area contributed by atoms with Crippen molar-refractivity contribution in [2.24, 2.45) is 11.8 Å². The number of amides is 2. The first-order valence-electron chi connectivity index (χ1n) is 6.69. The van der Waals surface area contributed by atoms with Crippen LogP contribution in [-0.4, -0.2) is 20.2 Å². The van der Waals surface area contributed by atoms with Crippen LogP contribution in [0.4, 0.5) is 0 Å². The number of carbonyl (C=O) groups is 2. The lowest BCUT2D eigenvalue weighted by atomic mass is 10.2. The Morgan fingerprint density at radius 3 is 2.29 bits per heavy atom. The Hall–Kier alpha value is -1.89. The van der Waals surface area contributed by atoms with Crippen LogP contribution in [-0.2, 0) is 26.2 Å². The van der Waals surface area contributed by atoms with Gasteiger partial charge in [0.05, 0.1) is 4.90 Å². The number of carbonyl (C=O) groups excluding carboxylic acids is 2. The molecule has 6 nitrogen and oxygen atoms in total. The molecule has 0 unspecified atom stereocenters. The van der Waals surface area contributed by atoms with Crippen molar-refractivity contribution in [3.05, 3.63) is 29.8 Å². The molecule has 1 aliphatic rings. The molecule has 2 N–H and O–H groups in total. The standard InChI is InChI=1S/C14H18N2O4S/c1-9-7-13(9)14(18)16-21(19,20)12-5-3-11(4-6-12)8-15-10(2)17/h3-6,9,13H,7-8H2,1-2H3,(H,15,17)(H,16,18)/t9-,13+/m1/s1. The average Bonchev–Trinajstić information content (AvgIpc) is 3.14. The van der Waals surface area contributed by atoms with Gasteiger partial charge in [0, 0.05) is 19.4 Å². The predicted molar refractivity (Wildman–Crippen MR) is 76.6 cm³/mol. The van der Waals surface area contributed by atoms with Gasteiger partial charge in [0.25, 0.3) is 10.0 Å². The Morgan fingerprint density at radius 2 is 1.81 bits per heavy atom. The second-order valence-corrected chi connectivity index (χ2v) is 7.03. The van der Waals surface area contributed by atoms with Gasteiger partial charge in [0.2, 0.25) is 11.8 Å². The molecule has 1 aromatic rings. The van der Waals surface area contributed by atoms with Crippen LogP contribution in [0.3, 0.4) is 0 Å². The SMILES string of the molecule is CC(=O)NCc1ccc(S(=O)(=O)NC(=O)[C@H]2C[C@H]2C)cc1. The van der Waals surface area contributed by atoms with Crippen molar-refractivity contribution < 1.29 is 18.0 Å². The molecule has 1 aliphatic carbocycles. The summed E-state index contributed by atoms with van der Waals surface area (Å²) < 4.78 is 26.2. The highest BCUT2D eigenvalue weighted by Crippen LogP contribution is 2.37. The van der Waals surface area contributed by atoms with E-state index in [1.54, 1.807) is 12.1 Å². The van der Waals surface area contributed by atoms with Crippen LogP contribution in [0, 0.1) is 11.8 Å². The van der Waals surface area contributed by atoms with Crippen molar-refractivity contribution in [3.63, 3.8) is 0 Å². The first-order chi connectivity index (χ1) is 9.79. The Balaban J connectivity index is 2.02. The topological polar surface area (TPSA) is 92.3 Å². The number of hydrogen-bond donors (Lipinski definition) is 2. The Labute approximate surface area is 124 Å². The molecule has 21 heavy (non-hydrogen) atoms. The third-order valence-electron chi connectivity index (χ3n) is 3.46. The van der Waals surface area contributed by atoms with Crippen LogP contribution in [0.1, 0.15) is 25.8 Å². The highest BCUT2D eigenvalue weighted by atomic mass is 32.2. The minimum atomic E-state index is -3.82. The second kappa shape index (κ2) is 5.85. The van der Waals surface area contributed by atoms with Crippen LogP contribution >= 0.6 is 0 Å². The van der Waals surface area contributed by atoms with E-state index in [0.29, 0.717) is 6.54 Å². The summed E-state index contributed by atoms with van der Waals surface area (Å²) in [5.74, 6) is -0.540. The molecule has 0 aliphatic heterocycles. The number of rotatable bonds is 5. The number of sulfonamides is 1. The van der Waals surface area contributed by atoms with E-state index in [4.69, 9.17) is 0 Å². The predicted octanol–water partition coefficient (Wildman–Crippen LogP) is 0.784. The quantitative estimate of drug-likeness (QED) is 0.841. The van der Waals surface area contributed by atoms with Crippen LogP contribution < -0.4 is 10.0 Å². The van der Waals surface area contributed by atoms with Crippen molar-refractivity contribution in [1.82, 2.24) is 10.0 Å². The molecule has 0 bridgehead atoms. The van der Waals surface area contributed by atoms with Crippen molar-refractivity contribution >= 4 is 21.8 Å². The largest absolute Gasteiger partial charge is 0.352 e. The van der Waals surface area contributed by atoms with Gasteiger partial charge in [-0.05, 0) is 30.0 Å². The summed E-state index contributed by atoms with van der Waals surface area (Å²) in [6.07, 6.45) is 0.733. The maximum absolute atomic E-state index is 12.1. The molecule has 7 heteroatoms. The lowest BCUT2D eigenvalue weighted by Crippen LogP contribution is -2.32. The van der Waals surface area contributed by atoms with Gasteiger partial charge in [0.15, 0.2) is 0 Å².